The highest BCUT2D eigenvalue weighted by Crippen LogP contribution is 2.26. The second-order valence-electron chi connectivity index (χ2n) is 7.14. The number of nitrogens with zero attached hydrogens (tertiary/aromatic N) is 2. The van der Waals surface area contributed by atoms with E-state index < -0.39 is 0 Å². The molecule has 1 saturated heterocycles. The van der Waals surface area contributed by atoms with E-state index >= 15 is 0 Å². The summed E-state index contributed by atoms with van der Waals surface area (Å²) in [4.78, 5) is 2.57. The molecule has 1 atom stereocenters. The van der Waals surface area contributed by atoms with E-state index in [9.17, 15) is 0 Å². The Balaban J connectivity index is 1.46. The SMILES string of the molecule is CC(CCN1CCC(N(N)c2ccccc2N)CC1)c1ccccc1. The Morgan fingerprint density at radius 1 is 1.04 bits per heavy atom. The quantitative estimate of drug-likeness (QED) is 0.480. The van der Waals surface area contributed by atoms with Crippen LogP contribution >= 0.6 is 0 Å². The Morgan fingerprint density at radius 2 is 1.68 bits per heavy atom. The number of nitrogen functional groups attached to an aromatic ring is 1. The molecule has 0 aromatic heterocycles. The minimum atomic E-state index is 0.368. The Labute approximate surface area is 151 Å². The Hall–Kier alpha value is -2.04. The van der Waals surface area contributed by atoms with E-state index in [-0.39, 0.29) is 0 Å². The number of likely N-dealkylation sites (tertiary alicyclic amines) is 1. The summed E-state index contributed by atoms with van der Waals surface area (Å²) in [5.41, 5.74) is 9.19. The molecule has 0 saturated carbocycles. The molecule has 3 rings (SSSR count). The molecular formula is C21H30N4. The molecule has 0 bridgehead atoms. The molecule has 1 fully saturated rings. The van der Waals surface area contributed by atoms with E-state index in [0.717, 1.165) is 43.9 Å². The van der Waals surface area contributed by atoms with E-state index in [0.29, 0.717) is 12.0 Å². The van der Waals surface area contributed by atoms with Gasteiger partial charge in [-0.05, 0) is 49.4 Å². The molecule has 4 nitrogen and oxygen atoms in total. The minimum Gasteiger partial charge on any atom is -0.397 e. The van der Waals surface area contributed by atoms with E-state index in [2.05, 4.69) is 42.2 Å². The minimum absolute atomic E-state index is 0.368. The maximum Gasteiger partial charge on any atom is 0.0749 e. The molecule has 4 heteroatoms. The molecular weight excluding hydrogens is 308 g/mol. The van der Waals surface area contributed by atoms with E-state index in [1.54, 1.807) is 0 Å². The summed E-state index contributed by atoms with van der Waals surface area (Å²) in [5, 5.41) is 1.87. The van der Waals surface area contributed by atoms with Gasteiger partial charge < -0.3 is 15.6 Å². The summed E-state index contributed by atoms with van der Waals surface area (Å²) in [7, 11) is 0. The van der Waals surface area contributed by atoms with Gasteiger partial charge in [0.15, 0.2) is 0 Å². The maximum atomic E-state index is 6.35. The highest BCUT2D eigenvalue weighted by molar-refractivity contribution is 5.66. The van der Waals surface area contributed by atoms with Gasteiger partial charge in [0.1, 0.15) is 0 Å². The number of hydrogen-bond donors (Lipinski definition) is 2. The molecule has 2 aromatic rings. The number of para-hydroxylation sites is 2. The van der Waals surface area contributed by atoms with Gasteiger partial charge in [-0.15, -0.1) is 0 Å². The van der Waals surface area contributed by atoms with Crippen molar-refractivity contribution in [1.82, 2.24) is 4.90 Å². The molecule has 0 radical (unpaired) electrons. The lowest BCUT2D eigenvalue weighted by Gasteiger charge is -2.37. The highest BCUT2D eigenvalue weighted by atomic mass is 15.4. The number of nitrogens with two attached hydrogens (primary N) is 2. The first-order valence-electron chi connectivity index (χ1n) is 9.31. The van der Waals surface area contributed by atoms with Crippen LogP contribution in [-0.2, 0) is 0 Å². The summed E-state index contributed by atoms with van der Waals surface area (Å²) >= 11 is 0. The van der Waals surface area contributed by atoms with Crippen molar-refractivity contribution in [3.05, 3.63) is 60.2 Å². The molecule has 134 valence electrons. The van der Waals surface area contributed by atoms with Crippen LogP contribution in [0, 0.1) is 0 Å². The molecule has 2 aromatic carbocycles. The van der Waals surface area contributed by atoms with E-state index in [4.69, 9.17) is 11.6 Å². The standard InChI is InChI=1S/C21H30N4/c1-17(18-7-3-2-4-8-18)11-14-24-15-12-19(13-16-24)25(23)21-10-6-5-9-20(21)22/h2-10,17,19H,11-16,22-23H2,1H3. The van der Waals surface area contributed by atoms with Crippen LogP contribution in [0.15, 0.2) is 54.6 Å². The third-order valence-electron chi connectivity index (χ3n) is 5.41. The molecule has 1 heterocycles. The lowest BCUT2D eigenvalue weighted by atomic mass is 9.96. The lowest BCUT2D eigenvalue weighted by Crippen LogP contribution is -2.48. The van der Waals surface area contributed by atoms with Crippen LogP contribution in [0.4, 0.5) is 11.4 Å². The van der Waals surface area contributed by atoms with Crippen molar-refractivity contribution in [2.45, 2.75) is 38.1 Å². The monoisotopic (exact) mass is 338 g/mol. The van der Waals surface area contributed by atoms with Crippen molar-refractivity contribution in [2.24, 2.45) is 5.84 Å². The second-order valence-corrected chi connectivity index (χ2v) is 7.14. The normalized spacial score (nSPS) is 17.4. The first-order valence-corrected chi connectivity index (χ1v) is 9.31. The van der Waals surface area contributed by atoms with Crippen LogP contribution < -0.4 is 16.6 Å². The molecule has 0 amide bonds. The number of piperidine rings is 1. The summed E-state index contributed by atoms with van der Waals surface area (Å²) < 4.78 is 0. The molecule has 4 N–H and O–H groups in total. The van der Waals surface area contributed by atoms with Gasteiger partial charge in [-0.2, -0.15) is 0 Å². The van der Waals surface area contributed by atoms with E-state index in [1.165, 1.54) is 12.0 Å². The lowest BCUT2D eigenvalue weighted by molar-refractivity contribution is 0.203. The third kappa shape index (κ3) is 4.53. The summed E-state index contributed by atoms with van der Waals surface area (Å²) in [6.07, 6.45) is 3.38. The molecule has 1 unspecified atom stereocenters. The van der Waals surface area contributed by atoms with Gasteiger partial charge in [-0.3, -0.25) is 0 Å². The average molecular weight is 338 g/mol. The zero-order chi connectivity index (χ0) is 17.6. The van der Waals surface area contributed by atoms with Crippen molar-refractivity contribution in [1.29, 1.82) is 0 Å². The van der Waals surface area contributed by atoms with Crippen molar-refractivity contribution >= 4 is 11.4 Å². The fraction of sp³-hybridized carbons (Fsp3) is 0.429. The molecule has 1 aliphatic heterocycles. The topological polar surface area (TPSA) is 58.5 Å². The van der Waals surface area contributed by atoms with Gasteiger partial charge in [0.2, 0.25) is 0 Å². The molecule has 0 spiro atoms. The van der Waals surface area contributed by atoms with Crippen LogP contribution in [0.1, 0.15) is 37.7 Å². The predicted octanol–water partition coefficient (Wildman–Crippen LogP) is 3.61. The molecule has 1 aliphatic rings. The first kappa shape index (κ1) is 17.8. The Bertz CT molecular complexity index is 650. The highest BCUT2D eigenvalue weighted by Gasteiger charge is 2.24. The third-order valence-corrected chi connectivity index (χ3v) is 5.41. The van der Waals surface area contributed by atoms with Crippen LogP contribution in [0.5, 0.6) is 0 Å². The van der Waals surface area contributed by atoms with Gasteiger partial charge >= 0.3 is 0 Å². The van der Waals surface area contributed by atoms with Crippen molar-refractivity contribution in [3.8, 4) is 0 Å². The summed E-state index contributed by atoms with van der Waals surface area (Å²) in [6.45, 7) is 5.68. The second kappa shape index (κ2) is 8.37. The van der Waals surface area contributed by atoms with Crippen LogP contribution in [0.3, 0.4) is 0 Å². The van der Waals surface area contributed by atoms with E-state index in [1.807, 2.05) is 29.3 Å². The van der Waals surface area contributed by atoms with Gasteiger partial charge in [0, 0.05) is 19.1 Å². The number of benzene rings is 2. The number of rotatable bonds is 6. The zero-order valence-electron chi connectivity index (χ0n) is 15.1. The van der Waals surface area contributed by atoms with Gasteiger partial charge in [0.25, 0.3) is 0 Å². The summed E-state index contributed by atoms with van der Waals surface area (Å²) in [5.74, 6) is 6.95. The maximum absolute atomic E-state index is 6.35. The van der Waals surface area contributed by atoms with Crippen LogP contribution in [-0.4, -0.2) is 30.6 Å². The van der Waals surface area contributed by atoms with Crippen LogP contribution in [0.25, 0.3) is 0 Å². The fourth-order valence-electron chi connectivity index (χ4n) is 3.66. The largest absolute Gasteiger partial charge is 0.397 e. The van der Waals surface area contributed by atoms with Gasteiger partial charge in [-0.25, -0.2) is 5.84 Å². The fourth-order valence-corrected chi connectivity index (χ4v) is 3.66. The number of hydrazine groups is 1. The Morgan fingerprint density at radius 3 is 2.36 bits per heavy atom. The Kier molecular flexibility index (Phi) is 5.95. The summed E-state index contributed by atoms with van der Waals surface area (Å²) in [6, 6.07) is 19.0. The molecule has 0 aliphatic carbocycles. The predicted molar refractivity (Wildman–Crippen MR) is 106 cm³/mol. The van der Waals surface area contributed by atoms with Crippen molar-refractivity contribution in [3.63, 3.8) is 0 Å². The average Bonchev–Trinajstić information content (AvgIpc) is 2.67. The zero-order valence-corrected chi connectivity index (χ0v) is 15.1. The van der Waals surface area contributed by atoms with Gasteiger partial charge in [-0.1, -0.05) is 49.4 Å². The number of anilines is 2. The van der Waals surface area contributed by atoms with Crippen molar-refractivity contribution < 1.29 is 0 Å². The first-order chi connectivity index (χ1) is 12.1. The van der Waals surface area contributed by atoms with Crippen LogP contribution in [0.2, 0.25) is 0 Å². The number of hydrogen-bond acceptors (Lipinski definition) is 4. The molecule has 25 heavy (non-hydrogen) atoms. The smallest absolute Gasteiger partial charge is 0.0749 e. The van der Waals surface area contributed by atoms with Gasteiger partial charge in [0.05, 0.1) is 11.4 Å². The van der Waals surface area contributed by atoms with Crippen molar-refractivity contribution in [2.75, 3.05) is 30.4 Å².